The molecule has 0 fully saturated rings. The molecule has 2 rings (SSSR count). The van der Waals surface area contributed by atoms with Crippen LogP contribution in [0.1, 0.15) is 31.1 Å². The van der Waals surface area contributed by atoms with Crippen LogP contribution in [0.25, 0.3) is 11.1 Å². The molecule has 0 N–H and O–H groups in total. The van der Waals surface area contributed by atoms with Gasteiger partial charge >= 0.3 is 0 Å². The molecule has 0 radical (unpaired) electrons. The van der Waals surface area contributed by atoms with E-state index in [0.29, 0.717) is 10.6 Å². The van der Waals surface area contributed by atoms with E-state index in [0.717, 1.165) is 16.9 Å². The first-order valence-electron chi connectivity index (χ1n) is 6.55. The molecule has 2 aromatic carbocycles. The van der Waals surface area contributed by atoms with E-state index in [1.807, 2.05) is 50.2 Å². The monoisotopic (exact) mass is 288 g/mol. The van der Waals surface area contributed by atoms with E-state index < -0.39 is 0 Å². The predicted molar refractivity (Wildman–Crippen MR) is 82.7 cm³/mol. The molecule has 0 spiro atoms. The quantitative estimate of drug-likeness (QED) is 0.740. The van der Waals surface area contributed by atoms with E-state index in [2.05, 4.69) is 0 Å². The highest BCUT2D eigenvalue weighted by Crippen LogP contribution is 2.27. The Morgan fingerprint density at radius 2 is 1.65 bits per heavy atom. The third-order valence-corrected chi connectivity index (χ3v) is 3.22. The molecule has 0 atom stereocenters. The Bertz CT molecular complexity index is 615. The van der Waals surface area contributed by atoms with Gasteiger partial charge in [-0.25, -0.2) is 0 Å². The number of Topliss-reactive ketones (excluding diaryl/α,β-unsaturated/α-hetero) is 1. The molecule has 20 heavy (non-hydrogen) atoms. The fourth-order valence-corrected chi connectivity index (χ4v) is 2.29. The van der Waals surface area contributed by atoms with E-state index in [-0.39, 0.29) is 11.9 Å². The molecular weight excluding hydrogens is 272 g/mol. The lowest BCUT2D eigenvalue weighted by Gasteiger charge is -2.10. The lowest BCUT2D eigenvalue weighted by molar-refractivity contribution is 0.101. The number of halogens is 1. The highest BCUT2D eigenvalue weighted by molar-refractivity contribution is 6.34. The van der Waals surface area contributed by atoms with Crippen molar-refractivity contribution in [3.8, 4) is 16.9 Å². The van der Waals surface area contributed by atoms with Crippen LogP contribution >= 0.6 is 11.6 Å². The third kappa shape index (κ3) is 3.40. The Hall–Kier alpha value is -1.80. The average Bonchev–Trinajstić information content (AvgIpc) is 2.38. The second-order valence-electron chi connectivity index (χ2n) is 4.94. The summed E-state index contributed by atoms with van der Waals surface area (Å²) in [6, 6.07) is 13.3. The molecule has 104 valence electrons. The number of rotatable bonds is 4. The van der Waals surface area contributed by atoms with E-state index in [1.165, 1.54) is 6.92 Å². The molecule has 0 unspecified atom stereocenters. The molecule has 0 aliphatic carbocycles. The van der Waals surface area contributed by atoms with Crippen LogP contribution in [-0.2, 0) is 0 Å². The second-order valence-corrected chi connectivity index (χ2v) is 5.35. The molecule has 0 aliphatic rings. The van der Waals surface area contributed by atoms with Gasteiger partial charge in [-0.05, 0) is 56.2 Å². The van der Waals surface area contributed by atoms with Crippen molar-refractivity contribution in [3.05, 3.63) is 53.1 Å². The lowest BCUT2D eigenvalue weighted by atomic mass is 10.0. The second kappa shape index (κ2) is 6.10. The molecular formula is C17H17ClO2. The van der Waals surface area contributed by atoms with Gasteiger partial charge in [0.25, 0.3) is 0 Å². The number of hydrogen-bond donors (Lipinski definition) is 0. The Kier molecular flexibility index (Phi) is 4.46. The summed E-state index contributed by atoms with van der Waals surface area (Å²) in [6.07, 6.45) is 0.158. The summed E-state index contributed by atoms with van der Waals surface area (Å²) in [5.41, 5.74) is 2.57. The number of hydrogen-bond acceptors (Lipinski definition) is 2. The summed E-state index contributed by atoms with van der Waals surface area (Å²) in [7, 11) is 0. The summed E-state index contributed by atoms with van der Waals surface area (Å²) in [6.45, 7) is 5.50. The zero-order valence-corrected chi connectivity index (χ0v) is 12.6. The van der Waals surface area contributed by atoms with Crippen LogP contribution in [0, 0.1) is 0 Å². The zero-order valence-electron chi connectivity index (χ0n) is 11.8. The standard InChI is InChI=1S/C17H17ClO2/c1-11(2)20-15-7-4-13(5-8-15)14-6-9-16(12(3)19)17(18)10-14/h4-11H,1-3H3. The van der Waals surface area contributed by atoms with Gasteiger partial charge in [0, 0.05) is 5.56 Å². The van der Waals surface area contributed by atoms with Crippen molar-refractivity contribution < 1.29 is 9.53 Å². The largest absolute Gasteiger partial charge is 0.491 e. The van der Waals surface area contributed by atoms with Gasteiger partial charge in [0.15, 0.2) is 5.78 Å². The van der Waals surface area contributed by atoms with Gasteiger partial charge in [0.2, 0.25) is 0 Å². The molecule has 2 nitrogen and oxygen atoms in total. The van der Waals surface area contributed by atoms with Crippen LogP contribution in [-0.4, -0.2) is 11.9 Å². The molecule has 3 heteroatoms. The average molecular weight is 289 g/mol. The van der Waals surface area contributed by atoms with Crippen molar-refractivity contribution in [2.45, 2.75) is 26.9 Å². The molecule has 0 saturated carbocycles. The lowest BCUT2D eigenvalue weighted by Crippen LogP contribution is -2.05. The topological polar surface area (TPSA) is 26.3 Å². The molecule has 0 bridgehead atoms. The summed E-state index contributed by atoms with van der Waals surface area (Å²) in [4.78, 5) is 11.4. The van der Waals surface area contributed by atoms with E-state index in [4.69, 9.17) is 16.3 Å². The van der Waals surface area contributed by atoms with Crippen LogP contribution in [0.15, 0.2) is 42.5 Å². The fraction of sp³-hybridized carbons (Fsp3) is 0.235. The molecule has 0 saturated heterocycles. The van der Waals surface area contributed by atoms with E-state index in [1.54, 1.807) is 6.07 Å². The first kappa shape index (κ1) is 14.6. The van der Waals surface area contributed by atoms with Gasteiger partial charge in [0.05, 0.1) is 11.1 Å². The molecule has 2 aromatic rings. The van der Waals surface area contributed by atoms with Crippen LogP contribution in [0.4, 0.5) is 0 Å². The zero-order chi connectivity index (χ0) is 14.7. The maximum atomic E-state index is 11.4. The first-order chi connectivity index (χ1) is 9.47. The number of carbonyl (C=O) groups excluding carboxylic acids is 1. The Balaban J connectivity index is 2.28. The van der Waals surface area contributed by atoms with Crippen LogP contribution < -0.4 is 4.74 Å². The number of benzene rings is 2. The highest BCUT2D eigenvalue weighted by atomic mass is 35.5. The smallest absolute Gasteiger partial charge is 0.161 e. The van der Waals surface area contributed by atoms with Crippen molar-refractivity contribution in [2.75, 3.05) is 0 Å². The summed E-state index contributed by atoms with van der Waals surface area (Å²) >= 11 is 6.13. The van der Waals surface area contributed by atoms with Crippen molar-refractivity contribution >= 4 is 17.4 Å². The minimum absolute atomic E-state index is 0.0257. The molecule has 0 aromatic heterocycles. The van der Waals surface area contributed by atoms with E-state index >= 15 is 0 Å². The van der Waals surface area contributed by atoms with Crippen LogP contribution in [0.5, 0.6) is 5.75 Å². The van der Waals surface area contributed by atoms with E-state index in [9.17, 15) is 4.79 Å². The summed E-state index contributed by atoms with van der Waals surface area (Å²) in [5, 5.41) is 0.484. The van der Waals surface area contributed by atoms with Gasteiger partial charge in [-0.3, -0.25) is 4.79 Å². The Morgan fingerprint density at radius 3 is 2.15 bits per heavy atom. The number of ketones is 1. The van der Waals surface area contributed by atoms with Gasteiger partial charge in [-0.15, -0.1) is 0 Å². The van der Waals surface area contributed by atoms with Crippen molar-refractivity contribution in [3.63, 3.8) is 0 Å². The maximum absolute atomic E-state index is 11.4. The number of carbonyl (C=O) groups is 1. The van der Waals surface area contributed by atoms with Gasteiger partial charge in [0.1, 0.15) is 5.75 Å². The highest BCUT2D eigenvalue weighted by Gasteiger charge is 2.07. The molecule has 0 amide bonds. The fourth-order valence-electron chi connectivity index (χ4n) is 1.98. The van der Waals surface area contributed by atoms with Gasteiger partial charge < -0.3 is 4.74 Å². The number of ether oxygens (including phenoxy) is 1. The third-order valence-electron chi connectivity index (χ3n) is 2.91. The maximum Gasteiger partial charge on any atom is 0.161 e. The first-order valence-corrected chi connectivity index (χ1v) is 6.92. The normalized spacial score (nSPS) is 10.7. The predicted octanol–water partition coefficient (Wildman–Crippen LogP) is 5.00. The van der Waals surface area contributed by atoms with Crippen LogP contribution in [0.2, 0.25) is 5.02 Å². The van der Waals surface area contributed by atoms with Crippen molar-refractivity contribution in [1.82, 2.24) is 0 Å². The summed E-state index contributed by atoms with van der Waals surface area (Å²) in [5.74, 6) is 0.817. The summed E-state index contributed by atoms with van der Waals surface area (Å²) < 4.78 is 5.61. The Morgan fingerprint density at radius 1 is 1.05 bits per heavy atom. The SMILES string of the molecule is CC(=O)c1ccc(-c2ccc(OC(C)C)cc2)cc1Cl. The molecule has 0 heterocycles. The van der Waals surface area contributed by atoms with Gasteiger partial charge in [-0.2, -0.15) is 0 Å². The molecule has 0 aliphatic heterocycles. The minimum Gasteiger partial charge on any atom is -0.491 e. The van der Waals surface area contributed by atoms with Crippen molar-refractivity contribution in [2.24, 2.45) is 0 Å². The minimum atomic E-state index is -0.0257. The van der Waals surface area contributed by atoms with Crippen LogP contribution in [0.3, 0.4) is 0 Å². The van der Waals surface area contributed by atoms with Crippen molar-refractivity contribution in [1.29, 1.82) is 0 Å². The van der Waals surface area contributed by atoms with Gasteiger partial charge in [-0.1, -0.05) is 29.8 Å². The Labute approximate surface area is 124 Å².